The molecule has 1 aromatic heterocycles. The highest BCUT2D eigenvalue weighted by Crippen LogP contribution is 2.42. The zero-order valence-electron chi connectivity index (χ0n) is 14.4. The summed E-state index contributed by atoms with van der Waals surface area (Å²) in [6.45, 7) is 0. The molecule has 7 heteroatoms. The van der Waals surface area contributed by atoms with Crippen molar-refractivity contribution in [2.75, 3.05) is 10.2 Å². The molecule has 0 saturated heterocycles. The molecule has 1 saturated carbocycles. The van der Waals surface area contributed by atoms with Gasteiger partial charge in [-0.15, -0.1) is 0 Å². The molecule has 0 bridgehead atoms. The highest BCUT2D eigenvalue weighted by Gasteiger charge is 2.47. The number of nitrogens with zero attached hydrogens (tertiary/aromatic N) is 3. The molecule has 2 aromatic carbocycles. The standard InChI is InChI=1S/C20H17ClN4O2/c21-13-5-1-2-6-14(13)22-18(26)11-17-19(27)24(12-9-10-12)20-23-15-7-3-4-8-16(15)25(17)20/h1-8,12,17H,9-11H2,(H,22,26)/t17-/m0/s1. The van der Waals surface area contributed by atoms with E-state index in [9.17, 15) is 9.59 Å². The summed E-state index contributed by atoms with van der Waals surface area (Å²) in [5.41, 5.74) is 2.26. The van der Waals surface area contributed by atoms with Gasteiger partial charge in [0.1, 0.15) is 6.04 Å². The van der Waals surface area contributed by atoms with Crippen LogP contribution in [-0.4, -0.2) is 27.4 Å². The van der Waals surface area contributed by atoms with Crippen LogP contribution in [0.15, 0.2) is 48.5 Å². The van der Waals surface area contributed by atoms with Gasteiger partial charge in [-0.25, -0.2) is 4.98 Å². The van der Waals surface area contributed by atoms with E-state index in [2.05, 4.69) is 10.3 Å². The molecule has 1 aliphatic carbocycles. The van der Waals surface area contributed by atoms with Gasteiger partial charge in [-0.3, -0.25) is 19.1 Å². The van der Waals surface area contributed by atoms with Crippen molar-refractivity contribution in [2.45, 2.75) is 31.3 Å². The fourth-order valence-electron chi connectivity index (χ4n) is 3.67. The van der Waals surface area contributed by atoms with E-state index in [0.717, 1.165) is 23.9 Å². The molecule has 6 nitrogen and oxygen atoms in total. The molecule has 1 atom stereocenters. The number of nitrogens with one attached hydrogen (secondary N) is 1. The predicted octanol–water partition coefficient (Wildman–Crippen LogP) is 3.77. The van der Waals surface area contributed by atoms with Gasteiger partial charge in [0.2, 0.25) is 11.9 Å². The Hall–Kier alpha value is -2.86. The van der Waals surface area contributed by atoms with Crippen molar-refractivity contribution in [1.82, 2.24) is 9.55 Å². The van der Waals surface area contributed by atoms with Crippen LogP contribution in [0.4, 0.5) is 11.6 Å². The zero-order chi connectivity index (χ0) is 18.5. The molecule has 0 spiro atoms. The van der Waals surface area contributed by atoms with E-state index in [1.807, 2.05) is 28.8 Å². The molecule has 0 unspecified atom stereocenters. The third-order valence-corrected chi connectivity index (χ3v) is 5.40. The number of carbonyl (C=O) groups is 2. The van der Waals surface area contributed by atoms with Crippen molar-refractivity contribution in [3.8, 4) is 0 Å². The second-order valence-corrected chi connectivity index (χ2v) is 7.37. The topological polar surface area (TPSA) is 67.2 Å². The predicted molar refractivity (Wildman–Crippen MR) is 104 cm³/mol. The molecule has 1 fully saturated rings. The Morgan fingerprint density at radius 3 is 2.67 bits per heavy atom. The lowest BCUT2D eigenvalue weighted by Gasteiger charge is -2.15. The van der Waals surface area contributed by atoms with Crippen molar-refractivity contribution in [3.05, 3.63) is 53.6 Å². The summed E-state index contributed by atoms with van der Waals surface area (Å²) >= 11 is 6.12. The molecule has 2 heterocycles. The number of amides is 2. The second-order valence-electron chi connectivity index (χ2n) is 6.96. The number of fused-ring (bicyclic) bond motifs is 3. The van der Waals surface area contributed by atoms with Crippen LogP contribution < -0.4 is 10.2 Å². The molecule has 2 amide bonds. The molecular formula is C20H17ClN4O2. The van der Waals surface area contributed by atoms with Crippen molar-refractivity contribution in [1.29, 1.82) is 0 Å². The van der Waals surface area contributed by atoms with E-state index in [0.29, 0.717) is 16.7 Å². The van der Waals surface area contributed by atoms with Crippen LogP contribution in [0.1, 0.15) is 25.3 Å². The van der Waals surface area contributed by atoms with Crippen LogP contribution >= 0.6 is 11.6 Å². The number of anilines is 2. The lowest BCUT2D eigenvalue weighted by atomic mass is 10.1. The molecule has 27 heavy (non-hydrogen) atoms. The Morgan fingerprint density at radius 2 is 1.89 bits per heavy atom. The average Bonchev–Trinajstić information content (AvgIpc) is 3.36. The van der Waals surface area contributed by atoms with Crippen LogP contribution in [0.2, 0.25) is 5.02 Å². The minimum absolute atomic E-state index is 0.0423. The first kappa shape index (κ1) is 16.3. The Kier molecular flexibility index (Phi) is 3.68. The first-order chi connectivity index (χ1) is 13.1. The molecule has 136 valence electrons. The third kappa shape index (κ3) is 2.68. The second kappa shape index (κ2) is 6.09. The van der Waals surface area contributed by atoms with E-state index in [4.69, 9.17) is 11.6 Å². The van der Waals surface area contributed by atoms with E-state index < -0.39 is 6.04 Å². The third-order valence-electron chi connectivity index (χ3n) is 5.07. The quantitative estimate of drug-likeness (QED) is 0.749. The van der Waals surface area contributed by atoms with Crippen molar-refractivity contribution in [2.24, 2.45) is 0 Å². The van der Waals surface area contributed by atoms with E-state index in [-0.39, 0.29) is 24.3 Å². The normalized spacial score (nSPS) is 18.8. The number of hydrogen-bond acceptors (Lipinski definition) is 3. The summed E-state index contributed by atoms with van der Waals surface area (Å²) < 4.78 is 1.90. The van der Waals surface area contributed by atoms with Crippen molar-refractivity contribution >= 4 is 46.1 Å². The first-order valence-corrected chi connectivity index (χ1v) is 9.35. The lowest BCUT2D eigenvalue weighted by Crippen LogP contribution is -2.33. The number of rotatable bonds is 4. The summed E-state index contributed by atoms with van der Waals surface area (Å²) in [4.78, 5) is 32.1. The number of aromatic nitrogens is 2. The van der Waals surface area contributed by atoms with Gasteiger partial charge in [0.05, 0.1) is 28.2 Å². The van der Waals surface area contributed by atoms with Crippen molar-refractivity contribution < 1.29 is 9.59 Å². The summed E-state index contributed by atoms with van der Waals surface area (Å²) in [5.74, 6) is 0.349. The number of benzene rings is 2. The number of imidazole rings is 1. The number of para-hydroxylation sites is 3. The largest absolute Gasteiger partial charge is 0.325 e. The smallest absolute Gasteiger partial charge is 0.253 e. The maximum Gasteiger partial charge on any atom is 0.253 e. The number of carbonyl (C=O) groups excluding carboxylic acids is 2. The Labute approximate surface area is 160 Å². The highest BCUT2D eigenvalue weighted by molar-refractivity contribution is 6.33. The fourth-order valence-corrected chi connectivity index (χ4v) is 3.86. The van der Waals surface area contributed by atoms with Gasteiger partial charge in [-0.1, -0.05) is 35.9 Å². The summed E-state index contributed by atoms with van der Waals surface area (Å²) in [6, 6.07) is 14.4. The Morgan fingerprint density at radius 1 is 1.15 bits per heavy atom. The highest BCUT2D eigenvalue weighted by atomic mass is 35.5. The maximum atomic E-state index is 13.1. The summed E-state index contributed by atoms with van der Waals surface area (Å²) in [6.07, 6.45) is 2.00. The zero-order valence-corrected chi connectivity index (χ0v) is 15.2. The van der Waals surface area contributed by atoms with Gasteiger partial charge in [-0.2, -0.15) is 0 Å². The summed E-state index contributed by atoms with van der Waals surface area (Å²) in [5, 5.41) is 3.28. The van der Waals surface area contributed by atoms with Crippen LogP contribution in [-0.2, 0) is 9.59 Å². The monoisotopic (exact) mass is 380 g/mol. The van der Waals surface area contributed by atoms with E-state index in [1.54, 1.807) is 29.2 Å². The minimum atomic E-state index is -0.588. The molecule has 2 aliphatic rings. The Bertz CT molecular complexity index is 1070. The lowest BCUT2D eigenvalue weighted by molar-refractivity contribution is -0.124. The van der Waals surface area contributed by atoms with Crippen LogP contribution in [0.25, 0.3) is 11.0 Å². The molecule has 5 rings (SSSR count). The van der Waals surface area contributed by atoms with Gasteiger partial charge in [0.25, 0.3) is 5.91 Å². The van der Waals surface area contributed by atoms with E-state index in [1.165, 1.54) is 0 Å². The minimum Gasteiger partial charge on any atom is -0.325 e. The summed E-state index contributed by atoms with van der Waals surface area (Å²) in [7, 11) is 0. The maximum absolute atomic E-state index is 13.1. The molecule has 3 aromatic rings. The van der Waals surface area contributed by atoms with Gasteiger partial charge < -0.3 is 5.32 Å². The number of hydrogen-bond donors (Lipinski definition) is 1. The molecule has 1 aliphatic heterocycles. The van der Waals surface area contributed by atoms with Crippen LogP contribution in [0, 0.1) is 0 Å². The van der Waals surface area contributed by atoms with Crippen LogP contribution in [0.3, 0.4) is 0 Å². The van der Waals surface area contributed by atoms with Gasteiger partial charge in [-0.05, 0) is 37.1 Å². The SMILES string of the molecule is O=C(C[C@H]1C(=O)N(C2CC2)c2nc3ccccc3n21)Nc1ccccc1Cl. The van der Waals surface area contributed by atoms with E-state index >= 15 is 0 Å². The molecule has 0 radical (unpaired) electrons. The fraction of sp³-hybridized carbons (Fsp3) is 0.250. The Balaban J connectivity index is 1.48. The van der Waals surface area contributed by atoms with Gasteiger partial charge in [0, 0.05) is 6.04 Å². The first-order valence-electron chi connectivity index (χ1n) is 8.98. The van der Waals surface area contributed by atoms with Gasteiger partial charge in [0.15, 0.2) is 0 Å². The van der Waals surface area contributed by atoms with Crippen molar-refractivity contribution in [3.63, 3.8) is 0 Å². The average molecular weight is 381 g/mol. The molecule has 1 N–H and O–H groups in total. The number of halogens is 1. The van der Waals surface area contributed by atoms with Crippen LogP contribution in [0.5, 0.6) is 0 Å². The van der Waals surface area contributed by atoms with Gasteiger partial charge >= 0.3 is 0 Å². The molecular weight excluding hydrogens is 364 g/mol.